The summed E-state index contributed by atoms with van der Waals surface area (Å²) in [5, 5.41) is 10.8. The molecule has 15 heavy (non-hydrogen) atoms. The summed E-state index contributed by atoms with van der Waals surface area (Å²) in [4.78, 5) is 9.83. The zero-order chi connectivity index (χ0) is 11.8. The number of carboxylic acids is 1. The van der Waals surface area contributed by atoms with Crippen molar-refractivity contribution in [3.8, 4) is 0 Å². The first-order valence-corrected chi connectivity index (χ1v) is 4.90. The molecule has 0 aliphatic rings. The van der Waals surface area contributed by atoms with Gasteiger partial charge in [0, 0.05) is 6.54 Å². The molecule has 0 saturated heterocycles. The number of unbranched alkanes of at least 4 members (excludes halogenated alkanes) is 1. The standard InChI is InChI=1S/C8H14F2N2O2S/c9-6(10)7(15)12-4-2-1-3-5(11)8(13)14/h5-6H,1-4,11H2,(H,12,15)(H,13,14)/t5-/m0/s1. The molecule has 0 spiro atoms. The lowest BCUT2D eigenvalue weighted by Crippen LogP contribution is -2.31. The fourth-order valence-corrected chi connectivity index (χ4v) is 1.00. The Morgan fingerprint density at radius 3 is 2.53 bits per heavy atom. The molecule has 88 valence electrons. The number of nitrogens with two attached hydrogens (primary N) is 1. The zero-order valence-electron chi connectivity index (χ0n) is 8.08. The van der Waals surface area contributed by atoms with E-state index in [1.807, 2.05) is 0 Å². The molecule has 0 aromatic rings. The monoisotopic (exact) mass is 240 g/mol. The Morgan fingerprint density at radius 2 is 2.07 bits per heavy atom. The predicted octanol–water partition coefficient (Wildman–Crippen LogP) is 0.751. The third-order valence-corrected chi connectivity index (χ3v) is 2.08. The molecule has 0 aromatic heterocycles. The lowest BCUT2D eigenvalue weighted by Gasteiger charge is -2.08. The number of nitrogens with one attached hydrogen (secondary N) is 1. The fraction of sp³-hybridized carbons (Fsp3) is 0.750. The van der Waals surface area contributed by atoms with Gasteiger partial charge in [0.1, 0.15) is 11.0 Å². The van der Waals surface area contributed by atoms with Gasteiger partial charge < -0.3 is 16.2 Å². The quantitative estimate of drug-likeness (QED) is 0.452. The van der Waals surface area contributed by atoms with Crippen LogP contribution < -0.4 is 11.1 Å². The first-order chi connectivity index (χ1) is 6.95. The van der Waals surface area contributed by atoms with Crippen molar-refractivity contribution >= 4 is 23.2 Å². The highest BCUT2D eigenvalue weighted by atomic mass is 32.1. The van der Waals surface area contributed by atoms with Crippen LogP contribution >= 0.6 is 12.2 Å². The van der Waals surface area contributed by atoms with E-state index in [1.54, 1.807) is 0 Å². The van der Waals surface area contributed by atoms with E-state index in [-0.39, 0.29) is 0 Å². The second-order valence-electron chi connectivity index (χ2n) is 3.03. The van der Waals surface area contributed by atoms with Crippen LogP contribution in [0.3, 0.4) is 0 Å². The van der Waals surface area contributed by atoms with Crippen molar-refractivity contribution < 1.29 is 18.7 Å². The first-order valence-electron chi connectivity index (χ1n) is 4.49. The molecule has 0 radical (unpaired) electrons. The van der Waals surface area contributed by atoms with Crippen molar-refractivity contribution in [2.24, 2.45) is 5.73 Å². The Hall–Kier alpha value is -0.820. The summed E-state index contributed by atoms with van der Waals surface area (Å²) in [5.41, 5.74) is 5.24. The van der Waals surface area contributed by atoms with Crippen molar-refractivity contribution in [1.82, 2.24) is 5.32 Å². The van der Waals surface area contributed by atoms with Crippen LogP contribution in [0.5, 0.6) is 0 Å². The summed E-state index contributed by atoms with van der Waals surface area (Å²) in [6, 6.07) is -0.882. The number of carboxylic acid groups (broad SMARTS) is 1. The summed E-state index contributed by atoms with van der Waals surface area (Å²) in [7, 11) is 0. The molecule has 0 amide bonds. The van der Waals surface area contributed by atoms with E-state index in [9.17, 15) is 13.6 Å². The van der Waals surface area contributed by atoms with Crippen molar-refractivity contribution in [3.05, 3.63) is 0 Å². The van der Waals surface area contributed by atoms with Gasteiger partial charge in [-0.3, -0.25) is 4.79 Å². The molecule has 7 heteroatoms. The van der Waals surface area contributed by atoms with E-state index in [4.69, 9.17) is 10.8 Å². The third kappa shape index (κ3) is 7.15. The van der Waals surface area contributed by atoms with Crippen molar-refractivity contribution in [1.29, 1.82) is 0 Å². The van der Waals surface area contributed by atoms with Gasteiger partial charge >= 0.3 is 5.97 Å². The normalized spacial score (nSPS) is 12.5. The van der Waals surface area contributed by atoms with Gasteiger partial charge in [0.05, 0.1) is 0 Å². The molecule has 0 bridgehead atoms. The highest BCUT2D eigenvalue weighted by molar-refractivity contribution is 7.80. The molecular formula is C8H14F2N2O2S. The maximum Gasteiger partial charge on any atom is 0.320 e. The molecule has 0 unspecified atom stereocenters. The van der Waals surface area contributed by atoms with Crippen LogP contribution in [0.2, 0.25) is 0 Å². The number of rotatable bonds is 7. The molecule has 4 N–H and O–H groups in total. The predicted molar refractivity (Wildman–Crippen MR) is 56.1 cm³/mol. The number of alkyl halides is 2. The number of carbonyl (C=O) groups is 1. The van der Waals surface area contributed by atoms with Crippen molar-refractivity contribution in [3.63, 3.8) is 0 Å². The minimum Gasteiger partial charge on any atom is -0.480 e. The minimum atomic E-state index is -2.64. The molecule has 0 rings (SSSR count). The van der Waals surface area contributed by atoms with Crippen LogP contribution in [0.25, 0.3) is 0 Å². The summed E-state index contributed by atoms with van der Waals surface area (Å²) in [5.74, 6) is -1.05. The number of thiocarbonyl (C=S) groups is 1. The van der Waals surface area contributed by atoms with Crippen LogP contribution in [0.4, 0.5) is 8.78 Å². The van der Waals surface area contributed by atoms with E-state index in [0.717, 1.165) is 0 Å². The zero-order valence-corrected chi connectivity index (χ0v) is 8.90. The number of hydrogen-bond acceptors (Lipinski definition) is 3. The van der Waals surface area contributed by atoms with Gasteiger partial charge in [0.15, 0.2) is 0 Å². The highest BCUT2D eigenvalue weighted by Gasteiger charge is 2.11. The van der Waals surface area contributed by atoms with Crippen LogP contribution in [-0.2, 0) is 4.79 Å². The molecule has 0 fully saturated rings. The Bertz CT molecular complexity index is 227. The van der Waals surface area contributed by atoms with Gasteiger partial charge in [-0.2, -0.15) is 0 Å². The van der Waals surface area contributed by atoms with Crippen molar-refractivity contribution in [2.45, 2.75) is 31.7 Å². The van der Waals surface area contributed by atoms with Gasteiger partial charge in [0.2, 0.25) is 0 Å². The van der Waals surface area contributed by atoms with E-state index in [2.05, 4.69) is 17.5 Å². The van der Waals surface area contributed by atoms with Gasteiger partial charge in [-0.05, 0) is 19.3 Å². The van der Waals surface area contributed by atoms with Crippen LogP contribution in [0.1, 0.15) is 19.3 Å². The first kappa shape index (κ1) is 14.2. The second-order valence-corrected chi connectivity index (χ2v) is 3.47. The molecule has 0 aliphatic heterocycles. The SMILES string of the molecule is N[C@@H](CCCCNC(=S)C(F)F)C(=O)O. The number of hydrogen-bond donors (Lipinski definition) is 3. The van der Waals surface area contributed by atoms with Gasteiger partial charge in [-0.15, -0.1) is 0 Å². The Morgan fingerprint density at radius 1 is 1.47 bits per heavy atom. The Balaban J connectivity index is 3.40. The fourth-order valence-electron chi connectivity index (χ4n) is 0.901. The Labute approximate surface area is 91.8 Å². The van der Waals surface area contributed by atoms with Gasteiger partial charge in [-0.1, -0.05) is 12.2 Å². The molecule has 4 nitrogen and oxygen atoms in total. The molecule has 1 atom stereocenters. The third-order valence-electron chi connectivity index (χ3n) is 1.76. The summed E-state index contributed by atoms with van der Waals surface area (Å²) in [6.07, 6.45) is -1.18. The molecule has 0 aliphatic carbocycles. The molecular weight excluding hydrogens is 226 g/mol. The summed E-state index contributed by atoms with van der Waals surface area (Å²) in [6.45, 7) is 0.315. The molecule has 0 heterocycles. The molecule has 0 saturated carbocycles. The van der Waals surface area contributed by atoms with Crippen LogP contribution in [0.15, 0.2) is 0 Å². The largest absolute Gasteiger partial charge is 0.480 e. The summed E-state index contributed by atoms with van der Waals surface area (Å²) >= 11 is 4.34. The molecule has 0 aromatic carbocycles. The van der Waals surface area contributed by atoms with Gasteiger partial charge in [-0.25, -0.2) is 8.78 Å². The maximum atomic E-state index is 11.9. The minimum absolute atomic E-state index is 0.315. The van der Waals surface area contributed by atoms with Crippen LogP contribution in [-0.4, -0.2) is 35.1 Å². The smallest absolute Gasteiger partial charge is 0.320 e. The van der Waals surface area contributed by atoms with Crippen LogP contribution in [0, 0.1) is 0 Å². The highest BCUT2D eigenvalue weighted by Crippen LogP contribution is 1.99. The van der Waals surface area contributed by atoms with Crippen molar-refractivity contribution in [2.75, 3.05) is 6.54 Å². The summed E-state index contributed by atoms with van der Waals surface area (Å²) < 4.78 is 23.7. The Kier molecular flexibility index (Phi) is 7.06. The van der Waals surface area contributed by atoms with Gasteiger partial charge in [0.25, 0.3) is 6.43 Å². The number of halogens is 2. The average Bonchev–Trinajstić information content (AvgIpc) is 2.16. The second kappa shape index (κ2) is 7.47. The van der Waals surface area contributed by atoms with E-state index in [0.29, 0.717) is 25.8 Å². The lowest BCUT2D eigenvalue weighted by molar-refractivity contribution is -0.138. The maximum absolute atomic E-state index is 11.9. The van der Waals surface area contributed by atoms with E-state index < -0.39 is 23.4 Å². The topological polar surface area (TPSA) is 75.3 Å². The van der Waals surface area contributed by atoms with E-state index >= 15 is 0 Å². The lowest BCUT2D eigenvalue weighted by atomic mass is 10.1. The average molecular weight is 240 g/mol. The number of aliphatic carboxylic acids is 1. The van der Waals surface area contributed by atoms with E-state index in [1.165, 1.54) is 0 Å².